The van der Waals surface area contributed by atoms with Gasteiger partial charge in [0.05, 0.1) is 0 Å². The van der Waals surface area contributed by atoms with Crippen LogP contribution in [0, 0.1) is 17.5 Å². The summed E-state index contributed by atoms with van der Waals surface area (Å²) in [6.45, 7) is 0. The number of hydrogen-bond acceptors (Lipinski definition) is 2. The molecule has 0 aromatic heterocycles. The van der Waals surface area contributed by atoms with E-state index in [1.807, 2.05) is 0 Å². The molecule has 0 amide bonds. The van der Waals surface area contributed by atoms with Gasteiger partial charge in [0.25, 0.3) is 0 Å². The van der Waals surface area contributed by atoms with Crippen molar-refractivity contribution in [3.8, 4) is 23.0 Å². The number of hydrogen-bond donors (Lipinski definition) is 0. The van der Waals surface area contributed by atoms with Crippen molar-refractivity contribution in [2.24, 2.45) is 0 Å². The summed E-state index contributed by atoms with van der Waals surface area (Å²) in [6, 6.07) is 5.25. The van der Waals surface area contributed by atoms with Crippen molar-refractivity contribution < 1.29 is 22.6 Å². The van der Waals surface area contributed by atoms with Crippen LogP contribution >= 0.6 is 0 Å². The van der Waals surface area contributed by atoms with Gasteiger partial charge in [0.2, 0.25) is 5.75 Å². The van der Waals surface area contributed by atoms with Crippen LogP contribution < -0.4 is 9.47 Å². The molecule has 0 radical (unpaired) electrons. The minimum Gasteiger partial charge on any atom is -0.449 e. The van der Waals surface area contributed by atoms with Gasteiger partial charge < -0.3 is 9.47 Å². The first-order chi connectivity index (χ1) is 8.13. The molecule has 0 spiro atoms. The molecule has 2 aromatic rings. The lowest BCUT2D eigenvalue weighted by atomic mass is 10.2. The highest BCUT2D eigenvalue weighted by molar-refractivity contribution is 5.54. The van der Waals surface area contributed by atoms with Crippen LogP contribution in [0.3, 0.4) is 0 Å². The number of fused-ring (bicyclic) bond motifs is 2. The summed E-state index contributed by atoms with van der Waals surface area (Å²) >= 11 is 0. The SMILES string of the molecule is Fc1ccc2c(c1)Oc1c(F)cc(F)cc1O2. The molecule has 86 valence electrons. The van der Waals surface area contributed by atoms with Crippen molar-refractivity contribution >= 4 is 0 Å². The second-order valence-electron chi connectivity index (χ2n) is 3.51. The maximum Gasteiger partial charge on any atom is 0.205 e. The molecule has 0 fully saturated rings. The fraction of sp³-hybridized carbons (Fsp3) is 0. The lowest BCUT2D eigenvalue weighted by Crippen LogP contribution is -2.02. The van der Waals surface area contributed by atoms with Crippen molar-refractivity contribution in [3.05, 3.63) is 47.8 Å². The molecule has 1 aliphatic heterocycles. The Morgan fingerprint density at radius 2 is 1.47 bits per heavy atom. The molecule has 1 heterocycles. The quantitative estimate of drug-likeness (QED) is 0.589. The molecular weight excluding hydrogens is 233 g/mol. The Morgan fingerprint density at radius 1 is 0.706 bits per heavy atom. The van der Waals surface area contributed by atoms with Crippen LogP contribution in [0.2, 0.25) is 0 Å². The second-order valence-corrected chi connectivity index (χ2v) is 3.51. The van der Waals surface area contributed by atoms with E-state index in [1.54, 1.807) is 0 Å². The summed E-state index contributed by atoms with van der Waals surface area (Å²) in [5.74, 6) is -2.23. The van der Waals surface area contributed by atoms with E-state index in [2.05, 4.69) is 0 Å². The van der Waals surface area contributed by atoms with Crippen molar-refractivity contribution in [3.63, 3.8) is 0 Å². The third kappa shape index (κ3) is 1.60. The lowest BCUT2D eigenvalue weighted by molar-refractivity contribution is 0.336. The molecule has 0 unspecified atom stereocenters. The van der Waals surface area contributed by atoms with E-state index in [0.717, 1.165) is 12.1 Å². The average Bonchev–Trinajstić information content (AvgIpc) is 2.27. The third-order valence-electron chi connectivity index (χ3n) is 2.31. The highest BCUT2D eigenvalue weighted by Gasteiger charge is 2.23. The topological polar surface area (TPSA) is 18.5 Å². The van der Waals surface area contributed by atoms with Gasteiger partial charge in [0, 0.05) is 18.2 Å². The van der Waals surface area contributed by atoms with Crippen LogP contribution in [0.25, 0.3) is 0 Å². The Morgan fingerprint density at radius 3 is 2.29 bits per heavy atom. The molecule has 5 heteroatoms. The maximum absolute atomic E-state index is 13.4. The number of rotatable bonds is 0. The van der Waals surface area contributed by atoms with E-state index in [-0.39, 0.29) is 23.0 Å². The third-order valence-corrected chi connectivity index (χ3v) is 2.31. The molecule has 3 rings (SSSR count). The zero-order valence-electron chi connectivity index (χ0n) is 8.34. The molecular formula is C12H5F3O2. The van der Waals surface area contributed by atoms with E-state index in [1.165, 1.54) is 12.1 Å². The second kappa shape index (κ2) is 3.41. The van der Waals surface area contributed by atoms with Crippen molar-refractivity contribution in [2.75, 3.05) is 0 Å². The van der Waals surface area contributed by atoms with Crippen molar-refractivity contribution in [2.45, 2.75) is 0 Å². The van der Waals surface area contributed by atoms with Gasteiger partial charge in [-0.1, -0.05) is 0 Å². The van der Waals surface area contributed by atoms with E-state index in [4.69, 9.17) is 9.47 Å². The predicted molar refractivity (Wildman–Crippen MR) is 52.9 cm³/mol. The van der Waals surface area contributed by atoms with Crippen LogP contribution in [0.1, 0.15) is 0 Å². The summed E-state index contributed by atoms with van der Waals surface area (Å²) in [5, 5.41) is 0. The van der Waals surface area contributed by atoms with Gasteiger partial charge in [-0.2, -0.15) is 0 Å². The van der Waals surface area contributed by atoms with Crippen LogP contribution in [0.5, 0.6) is 23.0 Å². The first-order valence-corrected chi connectivity index (χ1v) is 4.78. The Labute approximate surface area is 94.2 Å². The van der Waals surface area contributed by atoms with Gasteiger partial charge in [-0.05, 0) is 12.1 Å². The van der Waals surface area contributed by atoms with Gasteiger partial charge in [-0.3, -0.25) is 0 Å². The number of halogens is 3. The molecule has 2 aromatic carbocycles. The highest BCUT2D eigenvalue weighted by atomic mass is 19.1. The van der Waals surface area contributed by atoms with Gasteiger partial charge in [-0.15, -0.1) is 0 Å². The van der Waals surface area contributed by atoms with E-state index >= 15 is 0 Å². The summed E-state index contributed by atoms with van der Waals surface area (Å²) < 4.78 is 49.7. The van der Waals surface area contributed by atoms with E-state index in [0.29, 0.717) is 6.07 Å². The molecule has 0 saturated carbocycles. The molecule has 0 saturated heterocycles. The molecule has 2 nitrogen and oxygen atoms in total. The van der Waals surface area contributed by atoms with E-state index in [9.17, 15) is 13.2 Å². The molecule has 0 bridgehead atoms. The molecule has 0 aliphatic carbocycles. The summed E-state index contributed by atoms with van der Waals surface area (Å²) in [5.41, 5.74) is 0. The van der Waals surface area contributed by atoms with Crippen molar-refractivity contribution in [1.29, 1.82) is 0 Å². The van der Waals surface area contributed by atoms with Crippen LogP contribution in [0.15, 0.2) is 30.3 Å². The fourth-order valence-electron chi connectivity index (χ4n) is 1.59. The minimum atomic E-state index is -0.894. The zero-order valence-corrected chi connectivity index (χ0v) is 8.34. The molecule has 17 heavy (non-hydrogen) atoms. The predicted octanol–water partition coefficient (Wildman–Crippen LogP) is 4.00. The molecule has 0 N–H and O–H groups in total. The average molecular weight is 238 g/mol. The van der Waals surface area contributed by atoms with Crippen LogP contribution in [-0.4, -0.2) is 0 Å². The molecule has 1 aliphatic rings. The van der Waals surface area contributed by atoms with Gasteiger partial charge >= 0.3 is 0 Å². The first-order valence-electron chi connectivity index (χ1n) is 4.78. The Kier molecular flexibility index (Phi) is 2.01. The zero-order chi connectivity index (χ0) is 12.0. The maximum atomic E-state index is 13.4. The fourth-order valence-corrected chi connectivity index (χ4v) is 1.59. The number of ether oxygens (including phenoxy) is 2. The van der Waals surface area contributed by atoms with Crippen molar-refractivity contribution in [1.82, 2.24) is 0 Å². The first kappa shape index (κ1) is 10.0. The standard InChI is InChI=1S/C12H5F3O2/c13-6-1-2-9-10(4-6)17-12-8(15)3-7(14)5-11(12)16-9/h1-5H. The smallest absolute Gasteiger partial charge is 0.205 e. The Bertz CT molecular complexity index is 611. The minimum absolute atomic E-state index is 0.0583. The molecule has 0 atom stereocenters. The summed E-state index contributed by atoms with van der Waals surface area (Å²) in [4.78, 5) is 0. The summed E-state index contributed by atoms with van der Waals surface area (Å²) in [6.07, 6.45) is 0. The monoisotopic (exact) mass is 238 g/mol. The normalized spacial score (nSPS) is 12.2. The van der Waals surface area contributed by atoms with Gasteiger partial charge in [0.1, 0.15) is 11.6 Å². The summed E-state index contributed by atoms with van der Waals surface area (Å²) in [7, 11) is 0. The largest absolute Gasteiger partial charge is 0.449 e. The Balaban J connectivity index is 2.14. The van der Waals surface area contributed by atoms with Crippen LogP contribution in [0.4, 0.5) is 13.2 Å². The van der Waals surface area contributed by atoms with Crippen LogP contribution in [-0.2, 0) is 0 Å². The Hall–Kier alpha value is -2.17. The van der Waals surface area contributed by atoms with Gasteiger partial charge in [-0.25, -0.2) is 13.2 Å². The number of benzene rings is 2. The highest BCUT2D eigenvalue weighted by Crippen LogP contribution is 2.46. The van der Waals surface area contributed by atoms with Gasteiger partial charge in [0.15, 0.2) is 23.1 Å². The van der Waals surface area contributed by atoms with E-state index < -0.39 is 17.5 Å². The lowest BCUT2D eigenvalue weighted by Gasteiger charge is -2.20.